The lowest BCUT2D eigenvalue weighted by Crippen LogP contribution is -2.07. The summed E-state index contributed by atoms with van der Waals surface area (Å²) in [4.78, 5) is 11.3. The van der Waals surface area contributed by atoms with E-state index in [0.717, 1.165) is 18.4 Å². The molecule has 1 aromatic carbocycles. The van der Waals surface area contributed by atoms with Crippen LogP contribution in [0.3, 0.4) is 0 Å². The number of carbonyl (C=O) groups excluding carboxylic acids is 1. The minimum absolute atomic E-state index is 0. The maximum Gasteiger partial charge on any atom is 0.338 e. The van der Waals surface area contributed by atoms with Gasteiger partial charge in [-0.2, -0.15) is 0 Å². The topological polar surface area (TPSA) is 52.3 Å². The zero-order chi connectivity index (χ0) is 10.4. The van der Waals surface area contributed by atoms with Crippen molar-refractivity contribution in [2.24, 2.45) is 5.73 Å². The zero-order valence-electron chi connectivity index (χ0n) is 8.73. The van der Waals surface area contributed by atoms with Crippen molar-refractivity contribution in [1.29, 1.82) is 0 Å². The number of benzene rings is 1. The molecule has 0 unspecified atom stereocenters. The van der Waals surface area contributed by atoms with Crippen molar-refractivity contribution in [3.8, 4) is 0 Å². The molecule has 0 aliphatic heterocycles. The number of hydrogen-bond acceptors (Lipinski definition) is 3. The fourth-order valence-corrected chi connectivity index (χ4v) is 1.34. The van der Waals surface area contributed by atoms with E-state index in [9.17, 15) is 4.79 Å². The number of carbonyl (C=O) groups is 1. The first-order chi connectivity index (χ1) is 6.79. The van der Waals surface area contributed by atoms with Crippen molar-refractivity contribution in [3.05, 3.63) is 35.4 Å². The van der Waals surface area contributed by atoms with Crippen LogP contribution in [0.25, 0.3) is 0 Å². The Morgan fingerprint density at radius 1 is 1.40 bits per heavy atom. The molecule has 0 amide bonds. The van der Waals surface area contributed by atoms with Crippen LogP contribution in [0.15, 0.2) is 24.3 Å². The minimum atomic E-state index is -0.280. The molecule has 0 bridgehead atoms. The van der Waals surface area contributed by atoms with E-state index in [0.29, 0.717) is 12.1 Å². The van der Waals surface area contributed by atoms with Gasteiger partial charge >= 0.3 is 5.97 Å². The largest absolute Gasteiger partial charge is 0.465 e. The Kier molecular flexibility index (Phi) is 6.75. The molecule has 0 atom stereocenters. The molecule has 3 nitrogen and oxygen atoms in total. The van der Waals surface area contributed by atoms with Gasteiger partial charge in [-0.15, -0.1) is 12.4 Å². The van der Waals surface area contributed by atoms with Gasteiger partial charge in [-0.05, 0) is 31.0 Å². The second kappa shape index (κ2) is 7.26. The number of methoxy groups -OCH3 is 1. The van der Waals surface area contributed by atoms with E-state index in [4.69, 9.17) is 5.73 Å². The van der Waals surface area contributed by atoms with Crippen LogP contribution in [-0.4, -0.2) is 19.6 Å². The van der Waals surface area contributed by atoms with Crippen LogP contribution in [0.5, 0.6) is 0 Å². The molecule has 0 aliphatic rings. The third-order valence-electron chi connectivity index (χ3n) is 2.07. The molecule has 84 valence electrons. The first-order valence-electron chi connectivity index (χ1n) is 4.66. The van der Waals surface area contributed by atoms with E-state index in [2.05, 4.69) is 4.74 Å². The van der Waals surface area contributed by atoms with E-state index < -0.39 is 0 Å². The Morgan fingerprint density at radius 3 is 2.67 bits per heavy atom. The maximum absolute atomic E-state index is 11.3. The molecule has 4 heteroatoms. The lowest BCUT2D eigenvalue weighted by atomic mass is 10.0. The number of hydrogen-bond donors (Lipinski definition) is 1. The number of aryl methyl sites for hydroxylation is 1. The van der Waals surface area contributed by atoms with Crippen LogP contribution < -0.4 is 5.73 Å². The van der Waals surface area contributed by atoms with Gasteiger partial charge in [-0.1, -0.05) is 18.2 Å². The highest BCUT2D eigenvalue weighted by molar-refractivity contribution is 5.90. The summed E-state index contributed by atoms with van der Waals surface area (Å²) in [7, 11) is 1.39. The van der Waals surface area contributed by atoms with Crippen molar-refractivity contribution in [3.63, 3.8) is 0 Å². The van der Waals surface area contributed by atoms with Crippen molar-refractivity contribution in [1.82, 2.24) is 0 Å². The predicted octanol–water partition coefficient (Wildman–Crippen LogP) is 1.79. The van der Waals surface area contributed by atoms with Crippen LogP contribution >= 0.6 is 12.4 Å². The fourth-order valence-electron chi connectivity index (χ4n) is 1.34. The molecule has 0 saturated carbocycles. The molecule has 2 N–H and O–H groups in total. The first-order valence-corrected chi connectivity index (χ1v) is 4.66. The summed E-state index contributed by atoms with van der Waals surface area (Å²) >= 11 is 0. The molecule has 0 heterocycles. The minimum Gasteiger partial charge on any atom is -0.465 e. The molecule has 0 radical (unpaired) electrons. The highest BCUT2D eigenvalue weighted by Gasteiger charge is 2.09. The fraction of sp³-hybridized carbons (Fsp3) is 0.364. The predicted molar refractivity (Wildman–Crippen MR) is 62.4 cm³/mol. The van der Waals surface area contributed by atoms with Gasteiger partial charge < -0.3 is 10.5 Å². The van der Waals surface area contributed by atoms with Crippen LogP contribution in [0.4, 0.5) is 0 Å². The van der Waals surface area contributed by atoms with Gasteiger partial charge in [0.25, 0.3) is 0 Å². The Morgan fingerprint density at radius 2 is 2.07 bits per heavy atom. The second-order valence-electron chi connectivity index (χ2n) is 3.04. The Labute approximate surface area is 96.0 Å². The van der Waals surface area contributed by atoms with Crippen LogP contribution in [0, 0.1) is 0 Å². The molecule has 1 rings (SSSR count). The third-order valence-corrected chi connectivity index (χ3v) is 2.07. The second-order valence-corrected chi connectivity index (χ2v) is 3.04. The average Bonchev–Trinajstić information content (AvgIpc) is 2.25. The van der Waals surface area contributed by atoms with Gasteiger partial charge in [0.2, 0.25) is 0 Å². The summed E-state index contributed by atoms with van der Waals surface area (Å²) in [5, 5.41) is 0. The summed E-state index contributed by atoms with van der Waals surface area (Å²) in [6, 6.07) is 7.45. The van der Waals surface area contributed by atoms with Crippen molar-refractivity contribution in [2.75, 3.05) is 13.7 Å². The lowest BCUT2D eigenvalue weighted by molar-refractivity contribution is 0.0599. The summed E-state index contributed by atoms with van der Waals surface area (Å²) in [5.41, 5.74) is 7.07. The molecular formula is C11H16ClNO2. The molecule has 0 spiro atoms. The monoisotopic (exact) mass is 229 g/mol. The number of halogens is 1. The van der Waals surface area contributed by atoms with E-state index >= 15 is 0 Å². The van der Waals surface area contributed by atoms with Gasteiger partial charge in [0.1, 0.15) is 0 Å². The average molecular weight is 230 g/mol. The van der Waals surface area contributed by atoms with Gasteiger partial charge in [-0.25, -0.2) is 4.79 Å². The maximum atomic E-state index is 11.3. The highest BCUT2D eigenvalue weighted by atomic mass is 35.5. The molecular weight excluding hydrogens is 214 g/mol. The molecule has 15 heavy (non-hydrogen) atoms. The summed E-state index contributed by atoms with van der Waals surface area (Å²) in [5.74, 6) is -0.280. The van der Waals surface area contributed by atoms with Crippen LogP contribution in [-0.2, 0) is 11.2 Å². The van der Waals surface area contributed by atoms with E-state index in [1.807, 2.05) is 18.2 Å². The van der Waals surface area contributed by atoms with Crippen LogP contribution in [0.1, 0.15) is 22.3 Å². The molecule has 1 aromatic rings. The van der Waals surface area contributed by atoms with Gasteiger partial charge in [0.15, 0.2) is 0 Å². The highest BCUT2D eigenvalue weighted by Crippen LogP contribution is 2.11. The van der Waals surface area contributed by atoms with Crippen molar-refractivity contribution >= 4 is 18.4 Å². The van der Waals surface area contributed by atoms with Gasteiger partial charge in [-0.3, -0.25) is 0 Å². The van der Waals surface area contributed by atoms with Crippen LogP contribution in [0.2, 0.25) is 0 Å². The number of esters is 1. The Bertz CT molecular complexity index is 315. The van der Waals surface area contributed by atoms with Crippen molar-refractivity contribution in [2.45, 2.75) is 12.8 Å². The normalized spacial score (nSPS) is 9.20. The smallest absolute Gasteiger partial charge is 0.338 e. The van der Waals surface area contributed by atoms with Gasteiger partial charge in [0, 0.05) is 0 Å². The molecule has 0 fully saturated rings. The first kappa shape index (κ1) is 13.9. The zero-order valence-corrected chi connectivity index (χ0v) is 9.55. The lowest BCUT2D eigenvalue weighted by Gasteiger charge is -2.06. The Balaban J connectivity index is 0.00000196. The van der Waals surface area contributed by atoms with E-state index in [1.165, 1.54) is 7.11 Å². The molecule has 0 aliphatic carbocycles. The molecule has 0 aromatic heterocycles. The number of nitrogens with two attached hydrogens (primary N) is 1. The van der Waals surface area contributed by atoms with Crippen molar-refractivity contribution < 1.29 is 9.53 Å². The van der Waals surface area contributed by atoms with Gasteiger partial charge in [0.05, 0.1) is 12.7 Å². The SMILES string of the molecule is COC(=O)c1ccccc1CCCN.Cl. The van der Waals surface area contributed by atoms with E-state index in [-0.39, 0.29) is 18.4 Å². The standard InChI is InChI=1S/C11H15NO2.ClH/c1-14-11(13)10-7-3-2-5-9(10)6-4-8-12;/h2-3,5,7H,4,6,8,12H2,1H3;1H. The number of ether oxygens (including phenoxy) is 1. The third kappa shape index (κ3) is 3.90. The summed E-state index contributed by atoms with van der Waals surface area (Å²) < 4.78 is 4.69. The quantitative estimate of drug-likeness (QED) is 0.801. The molecule has 0 saturated heterocycles. The summed E-state index contributed by atoms with van der Waals surface area (Å²) in [6.07, 6.45) is 1.70. The summed E-state index contributed by atoms with van der Waals surface area (Å²) in [6.45, 7) is 0.634. The van der Waals surface area contributed by atoms with E-state index in [1.54, 1.807) is 6.07 Å². The number of rotatable bonds is 4. The Hall–Kier alpha value is -1.06.